The first kappa shape index (κ1) is 17.5. The van der Waals surface area contributed by atoms with Crippen LogP contribution < -0.4 is 0 Å². The average Bonchev–Trinajstić information content (AvgIpc) is 2.96. The molecule has 0 aliphatic rings. The highest BCUT2D eigenvalue weighted by molar-refractivity contribution is 6.30. The van der Waals surface area contributed by atoms with E-state index in [4.69, 9.17) is 23.2 Å². The van der Waals surface area contributed by atoms with E-state index in [0.717, 1.165) is 11.3 Å². The predicted octanol–water partition coefficient (Wildman–Crippen LogP) is 4.15. The van der Waals surface area contributed by atoms with Crippen molar-refractivity contribution in [2.75, 3.05) is 7.05 Å². The van der Waals surface area contributed by atoms with Crippen molar-refractivity contribution in [2.24, 2.45) is 0 Å². The quantitative estimate of drug-likeness (QED) is 0.688. The molecule has 0 atom stereocenters. The molecule has 3 aromatic rings. The monoisotopic (exact) mass is 374 g/mol. The van der Waals surface area contributed by atoms with Crippen molar-refractivity contribution in [1.82, 2.24) is 19.7 Å². The molecular formula is C18H16Cl2N4O. The second-order valence-corrected chi connectivity index (χ2v) is 6.53. The second-order valence-electron chi connectivity index (χ2n) is 5.66. The predicted molar refractivity (Wildman–Crippen MR) is 98.4 cm³/mol. The van der Waals surface area contributed by atoms with Gasteiger partial charge in [0.2, 0.25) is 5.82 Å². The van der Waals surface area contributed by atoms with Crippen LogP contribution in [-0.2, 0) is 6.54 Å². The van der Waals surface area contributed by atoms with Crippen LogP contribution in [0.1, 0.15) is 22.0 Å². The Kier molecular flexibility index (Phi) is 5.06. The minimum absolute atomic E-state index is 0.150. The molecular weight excluding hydrogens is 359 g/mol. The van der Waals surface area contributed by atoms with Crippen molar-refractivity contribution < 1.29 is 4.79 Å². The van der Waals surface area contributed by atoms with Crippen LogP contribution in [-0.4, -0.2) is 32.6 Å². The summed E-state index contributed by atoms with van der Waals surface area (Å²) in [6.45, 7) is 2.23. The minimum atomic E-state index is -0.254. The van der Waals surface area contributed by atoms with E-state index in [1.165, 1.54) is 0 Å². The van der Waals surface area contributed by atoms with Crippen molar-refractivity contribution in [3.63, 3.8) is 0 Å². The highest BCUT2D eigenvalue weighted by Crippen LogP contribution is 2.16. The smallest absolute Gasteiger partial charge is 0.293 e. The van der Waals surface area contributed by atoms with E-state index in [1.807, 2.05) is 30.3 Å². The van der Waals surface area contributed by atoms with Crippen molar-refractivity contribution >= 4 is 29.1 Å². The third-order valence-electron chi connectivity index (χ3n) is 3.69. The topological polar surface area (TPSA) is 51.0 Å². The molecule has 3 rings (SSSR count). The highest BCUT2D eigenvalue weighted by atomic mass is 35.5. The Morgan fingerprint density at radius 3 is 2.52 bits per heavy atom. The lowest BCUT2D eigenvalue weighted by Crippen LogP contribution is -2.27. The summed E-state index contributed by atoms with van der Waals surface area (Å²) in [7, 11) is 1.71. The Morgan fingerprint density at radius 2 is 1.84 bits per heavy atom. The van der Waals surface area contributed by atoms with Gasteiger partial charge in [0.1, 0.15) is 5.82 Å². The standard InChI is InChI=1S/C18H16Cl2N4O/c1-12-21-17(22-24(12)16-8-6-14(19)7-9-16)18(25)23(2)11-13-4-3-5-15(20)10-13/h3-10H,11H2,1-2H3. The molecule has 0 aliphatic carbocycles. The van der Waals surface area contributed by atoms with Crippen LogP contribution in [0.2, 0.25) is 10.0 Å². The number of aryl methyl sites for hydroxylation is 1. The van der Waals surface area contributed by atoms with Gasteiger partial charge in [0.25, 0.3) is 5.91 Å². The molecule has 0 saturated carbocycles. The highest BCUT2D eigenvalue weighted by Gasteiger charge is 2.19. The molecule has 5 nitrogen and oxygen atoms in total. The summed E-state index contributed by atoms with van der Waals surface area (Å²) in [6, 6.07) is 14.6. The van der Waals surface area contributed by atoms with Gasteiger partial charge >= 0.3 is 0 Å². The van der Waals surface area contributed by atoms with Gasteiger partial charge in [-0.2, -0.15) is 0 Å². The number of halogens is 2. The van der Waals surface area contributed by atoms with E-state index < -0.39 is 0 Å². The Bertz CT molecular complexity index is 906. The van der Waals surface area contributed by atoms with Gasteiger partial charge in [-0.15, -0.1) is 5.10 Å². The zero-order chi connectivity index (χ0) is 18.0. The molecule has 0 N–H and O–H groups in total. The summed E-state index contributed by atoms with van der Waals surface area (Å²) < 4.78 is 1.62. The maximum atomic E-state index is 12.6. The maximum Gasteiger partial charge on any atom is 0.293 e. The lowest BCUT2D eigenvalue weighted by atomic mass is 10.2. The fraction of sp³-hybridized carbons (Fsp3) is 0.167. The number of aromatic nitrogens is 3. The number of nitrogens with zero attached hydrogens (tertiary/aromatic N) is 4. The molecule has 1 amide bonds. The summed E-state index contributed by atoms with van der Waals surface area (Å²) >= 11 is 11.9. The number of carbonyl (C=O) groups excluding carboxylic acids is 1. The number of hydrogen-bond acceptors (Lipinski definition) is 3. The van der Waals surface area contributed by atoms with Crippen LogP contribution >= 0.6 is 23.2 Å². The van der Waals surface area contributed by atoms with E-state index in [-0.39, 0.29) is 11.7 Å². The molecule has 0 saturated heterocycles. The molecule has 2 aromatic carbocycles. The molecule has 0 unspecified atom stereocenters. The molecule has 0 fully saturated rings. The van der Waals surface area contributed by atoms with Crippen LogP contribution in [0, 0.1) is 6.92 Å². The van der Waals surface area contributed by atoms with Gasteiger partial charge in [-0.25, -0.2) is 9.67 Å². The van der Waals surface area contributed by atoms with Gasteiger partial charge in [0, 0.05) is 23.6 Å². The molecule has 0 bridgehead atoms. The largest absolute Gasteiger partial charge is 0.335 e. The summed E-state index contributed by atoms with van der Waals surface area (Å²) in [4.78, 5) is 18.5. The van der Waals surface area contributed by atoms with E-state index in [9.17, 15) is 4.79 Å². The number of rotatable bonds is 4. The zero-order valence-corrected chi connectivity index (χ0v) is 15.3. The third kappa shape index (κ3) is 4.00. The third-order valence-corrected chi connectivity index (χ3v) is 4.17. The summed E-state index contributed by atoms with van der Waals surface area (Å²) in [5.41, 5.74) is 1.74. The van der Waals surface area contributed by atoms with E-state index in [0.29, 0.717) is 22.4 Å². The maximum absolute atomic E-state index is 12.6. The van der Waals surface area contributed by atoms with E-state index >= 15 is 0 Å². The minimum Gasteiger partial charge on any atom is -0.335 e. The lowest BCUT2D eigenvalue weighted by molar-refractivity contribution is 0.0773. The summed E-state index contributed by atoms with van der Waals surface area (Å²) in [5.74, 6) is 0.523. The van der Waals surface area contributed by atoms with Crippen molar-refractivity contribution in [1.29, 1.82) is 0 Å². The van der Waals surface area contributed by atoms with E-state index in [2.05, 4.69) is 10.1 Å². The molecule has 0 radical (unpaired) electrons. The first-order chi connectivity index (χ1) is 11.9. The Morgan fingerprint density at radius 1 is 1.12 bits per heavy atom. The summed E-state index contributed by atoms with van der Waals surface area (Å²) in [6.07, 6.45) is 0. The van der Waals surface area contributed by atoms with Gasteiger partial charge in [-0.3, -0.25) is 4.79 Å². The SMILES string of the molecule is Cc1nc(C(=O)N(C)Cc2cccc(Cl)c2)nn1-c1ccc(Cl)cc1. The summed E-state index contributed by atoms with van der Waals surface area (Å²) in [5, 5.41) is 5.61. The molecule has 7 heteroatoms. The zero-order valence-electron chi connectivity index (χ0n) is 13.8. The number of amides is 1. The van der Waals surface area contributed by atoms with Gasteiger partial charge in [-0.1, -0.05) is 35.3 Å². The number of hydrogen-bond donors (Lipinski definition) is 0. The molecule has 25 heavy (non-hydrogen) atoms. The Labute approximate surface area is 155 Å². The number of carbonyl (C=O) groups is 1. The Balaban J connectivity index is 1.80. The van der Waals surface area contributed by atoms with Crippen molar-refractivity contribution in [3.8, 4) is 5.69 Å². The second kappa shape index (κ2) is 7.25. The van der Waals surface area contributed by atoms with Crippen molar-refractivity contribution in [3.05, 3.63) is 75.8 Å². The fourth-order valence-corrected chi connectivity index (χ4v) is 2.80. The molecule has 1 heterocycles. The van der Waals surface area contributed by atoms with Crippen LogP contribution in [0.4, 0.5) is 0 Å². The molecule has 128 valence electrons. The lowest BCUT2D eigenvalue weighted by Gasteiger charge is -2.15. The molecule has 1 aromatic heterocycles. The van der Waals surface area contributed by atoms with Crippen molar-refractivity contribution in [2.45, 2.75) is 13.5 Å². The van der Waals surface area contributed by atoms with Crippen LogP contribution in [0.15, 0.2) is 48.5 Å². The van der Waals surface area contributed by atoms with Crippen LogP contribution in [0.25, 0.3) is 5.69 Å². The van der Waals surface area contributed by atoms with Crippen LogP contribution in [0.3, 0.4) is 0 Å². The van der Waals surface area contributed by atoms with Gasteiger partial charge < -0.3 is 4.90 Å². The normalized spacial score (nSPS) is 10.7. The number of benzene rings is 2. The Hall–Kier alpha value is -2.37. The molecule has 0 aliphatic heterocycles. The van der Waals surface area contributed by atoms with Gasteiger partial charge in [-0.05, 0) is 48.9 Å². The van der Waals surface area contributed by atoms with Crippen LogP contribution in [0.5, 0.6) is 0 Å². The van der Waals surface area contributed by atoms with Gasteiger partial charge in [0.05, 0.1) is 5.69 Å². The fourth-order valence-electron chi connectivity index (χ4n) is 2.46. The van der Waals surface area contributed by atoms with Gasteiger partial charge in [0.15, 0.2) is 0 Å². The first-order valence-corrected chi connectivity index (χ1v) is 8.39. The molecule has 0 spiro atoms. The van der Waals surface area contributed by atoms with E-state index in [1.54, 1.807) is 41.8 Å². The average molecular weight is 375 g/mol. The first-order valence-electron chi connectivity index (χ1n) is 7.63.